The van der Waals surface area contributed by atoms with Crippen LogP contribution >= 0.6 is 23.1 Å². The van der Waals surface area contributed by atoms with E-state index in [1.54, 1.807) is 12.0 Å². The Hall–Kier alpha value is -1.97. The van der Waals surface area contributed by atoms with Gasteiger partial charge in [-0.2, -0.15) is 0 Å². The summed E-state index contributed by atoms with van der Waals surface area (Å²) in [6.45, 7) is 3.10. The van der Waals surface area contributed by atoms with Crippen molar-refractivity contribution in [3.05, 3.63) is 29.8 Å². The topological polar surface area (TPSA) is 84.4 Å². The Morgan fingerprint density at radius 2 is 2.15 bits per heavy atom. The number of nitrogens with one attached hydrogen (secondary N) is 1. The molecule has 1 aliphatic rings. The number of benzene rings is 1. The van der Waals surface area contributed by atoms with E-state index in [9.17, 15) is 9.59 Å². The Morgan fingerprint density at radius 1 is 1.37 bits per heavy atom. The normalized spacial score (nSPS) is 16.7. The number of hydrogen-bond acceptors (Lipinski definition) is 7. The summed E-state index contributed by atoms with van der Waals surface area (Å²) in [5, 5.41) is 11.3. The summed E-state index contributed by atoms with van der Waals surface area (Å²) in [5.41, 5.74) is 2.05. The first-order valence-corrected chi connectivity index (χ1v) is 10.6. The molecule has 1 aromatic heterocycles. The highest BCUT2D eigenvalue weighted by molar-refractivity contribution is 8.01. The Bertz CT molecular complexity index is 794. The van der Waals surface area contributed by atoms with E-state index in [0.29, 0.717) is 18.3 Å². The summed E-state index contributed by atoms with van der Waals surface area (Å²) in [6, 6.07) is 7.90. The van der Waals surface area contributed by atoms with Crippen LogP contribution in [0.3, 0.4) is 0 Å². The highest BCUT2D eigenvalue weighted by Crippen LogP contribution is 2.28. The average molecular weight is 407 g/mol. The van der Waals surface area contributed by atoms with E-state index in [1.807, 2.05) is 24.3 Å². The van der Waals surface area contributed by atoms with Crippen LogP contribution < -0.4 is 10.2 Å². The number of amides is 2. The number of ether oxygens (including phenoxy) is 1. The molecule has 1 unspecified atom stereocenters. The smallest absolute Gasteiger partial charge is 0.231 e. The van der Waals surface area contributed by atoms with Crippen molar-refractivity contribution in [2.75, 3.05) is 36.2 Å². The molecule has 2 aromatic rings. The van der Waals surface area contributed by atoms with Gasteiger partial charge in [0.15, 0.2) is 4.34 Å². The molecule has 1 fully saturated rings. The minimum absolute atomic E-state index is 0.0347. The van der Waals surface area contributed by atoms with E-state index in [1.165, 1.54) is 28.7 Å². The number of carbonyl (C=O) groups excluding carboxylic acids is 2. The van der Waals surface area contributed by atoms with Gasteiger partial charge in [-0.25, -0.2) is 0 Å². The molecule has 1 saturated heterocycles. The Morgan fingerprint density at radius 3 is 2.85 bits per heavy atom. The van der Waals surface area contributed by atoms with E-state index >= 15 is 0 Å². The third-order valence-electron chi connectivity index (χ3n) is 4.30. The van der Waals surface area contributed by atoms with Gasteiger partial charge >= 0.3 is 0 Å². The standard InChI is InChI=1S/C18H22N4O3S2/c1-3-12-4-6-14(7-5-12)22-11-13(10-15(22)23)16(24)19-17-20-21-18(27-17)26-9-8-25-2/h4-7,13H,3,8-11H2,1-2H3,(H,19,20,24). The number of rotatable bonds is 8. The molecule has 0 radical (unpaired) electrons. The minimum Gasteiger partial charge on any atom is -0.384 e. The van der Waals surface area contributed by atoms with Crippen molar-refractivity contribution < 1.29 is 14.3 Å². The summed E-state index contributed by atoms with van der Waals surface area (Å²) >= 11 is 2.86. The first-order valence-electron chi connectivity index (χ1n) is 8.76. The van der Waals surface area contributed by atoms with E-state index in [0.717, 1.165) is 22.2 Å². The van der Waals surface area contributed by atoms with Crippen LogP contribution in [0.1, 0.15) is 18.9 Å². The van der Waals surface area contributed by atoms with Crippen LogP contribution in [0, 0.1) is 5.92 Å². The lowest BCUT2D eigenvalue weighted by molar-refractivity contribution is -0.122. The largest absolute Gasteiger partial charge is 0.384 e. The molecule has 1 atom stereocenters. The molecule has 0 spiro atoms. The average Bonchev–Trinajstić information content (AvgIpc) is 3.28. The minimum atomic E-state index is -0.392. The van der Waals surface area contributed by atoms with Crippen LogP contribution in [0.25, 0.3) is 0 Å². The van der Waals surface area contributed by atoms with Crippen LogP contribution in [0.5, 0.6) is 0 Å². The zero-order valence-electron chi connectivity index (χ0n) is 15.3. The maximum absolute atomic E-state index is 12.5. The summed E-state index contributed by atoms with van der Waals surface area (Å²) in [4.78, 5) is 26.6. The first-order chi connectivity index (χ1) is 13.1. The molecular weight excluding hydrogens is 384 g/mol. The second-order valence-corrected chi connectivity index (χ2v) is 8.45. The number of methoxy groups -OCH3 is 1. The van der Waals surface area contributed by atoms with E-state index < -0.39 is 5.92 Å². The highest BCUT2D eigenvalue weighted by atomic mass is 32.2. The molecule has 27 heavy (non-hydrogen) atoms. The zero-order valence-corrected chi connectivity index (χ0v) is 16.9. The van der Waals surface area contributed by atoms with Gasteiger partial charge in [0.2, 0.25) is 16.9 Å². The second kappa shape index (κ2) is 9.29. The lowest BCUT2D eigenvalue weighted by Gasteiger charge is -2.16. The molecule has 3 rings (SSSR count). The first kappa shape index (κ1) is 19.8. The molecule has 1 N–H and O–H groups in total. The summed E-state index contributed by atoms with van der Waals surface area (Å²) < 4.78 is 5.78. The third kappa shape index (κ3) is 5.06. The van der Waals surface area contributed by atoms with Gasteiger partial charge in [0, 0.05) is 31.5 Å². The van der Waals surface area contributed by atoms with Crippen molar-refractivity contribution in [3.8, 4) is 0 Å². The third-order valence-corrected chi connectivity index (χ3v) is 6.24. The molecule has 1 aliphatic heterocycles. The fourth-order valence-corrected chi connectivity index (χ4v) is 4.51. The van der Waals surface area contributed by atoms with Crippen LogP contribution in [0.2, 0.25) is 0 Å². The summed E-state index contributed by atoms with van der Waals surface area (Å²) in [6.07, 6.45) is 1.16. The molecule has 0 saturated carbocycles. The van der Waals surface area contributed by atoms with Crippen molar-refractivity contribution in [3.63, 3.8) is 0 Å². The number of aryl methyl sites for hydroxylation is 1. The highest BCUT2D eigenvalue weighted by Gasteiger charge is 2.35. The van der Waals surface area contributed by atoms with Crippen molar-refractivity contribution in [1.29, 1.82) is 0 Å². The van der Waals surface area contributed by atoms with Crippen LogP contribution in [-0.4, -0.2) is 48.0 Å². The molecule has 1 aromatic carbocycles. The van der Waals surface area contributed by atoms with E-state index in [-0.39, 0.29) is 18.2 Å². The Kier molecular flexibility index (Phi) is 6.81. The fourth-order valence-electron chi connectivity index (χ4n) is 2.78. The zero-order chi connectivity index (χ0) is 19.2. The van der Waals surface area contributed by atoms with Gasteiger partial charge in [0.05, 0.1) is 12.5 Å². The van der Waals surface area contributed by atoms with Crippen molar-refractivity contribution in [1.82, 2.24) is 10.2 Å². The molecule has 7 nitrogen and oxygen atoms in total. The van der Waals surface area contributed by atoms with Gasteiger partial charge in [-0.1, -0.05) is 42.2 Å². The molecule has 0 bridgehead atoms. The molecule has 0 aliphatic carbocycles. The molecular formula is C18H22N4O3S2. The van der Waals surface area contributed by atoms with Gasteiger partial charge in [0.25, 0.3) is 0 Å². The van der Waals surface area contributed by atoms with E-state index in [2.05, 4.69) is 22.4 Å². The van der Waals surface area contributed by atoms with Crippen LogP contribution in [0.4, 0.5) is 10.8 Å². The van der Waals surface area contributed by atoms with Crippen molar-refractivity contribution in [2.24, 2.45) is 5.92 Å². The monoisotopic (exact) mass is 406 g/mol. The Labute approximate surface area is 166 Å². The second-order valence-electron chi connectivity index (χ2n) is 6.13. The predicted molar refractivity (Wildman–Crippen MR) is 107 cm³/mol. The molecule has 9 heteroatoms. The summed E-state index contributed by atoms with van der Waals surface area (Å²) in [5.74, 6) is 0.159. The van der Waals surface area contributed by atoms with Gasteiger partial charge in [-0.3, -0.25) is 9.59 Å². The maximum atomic E-state index is 12.5. The SMILES string of the molecule is CCc1ccc(N2CC(C(=O)Nc3nnc(SCCOC)s3)CC2=O)cc1. The number of nitrogens with zero attached hydrogens (tertiary/aromatic N) is 3. The van der Waals surface area contributed by atoms with Crippen molar-refractivity contribution in [2.45, 2.75) is 24.1 Å². The number of carbonyl (C=O) groups is 2. The predicted octanol–water partition coefficient (Wildman–Crippen LogP) is 2.83. The number of hydrogen-bond donors (Lipinski definition) is 1. The number of anilines is 2. The van der Waals surface area contributed by atoms with Crippen LogP contribution in [0.15, 0.2) is 28.6 Å². The van der Waals surface area contributed by atoms with Crippen LogP contribution in [-0.2, 0) is 20.7 Å². The van der Waals surface area contributed by atoms with E-state index in [4.69, 9.17) is 4.74 Å². The quantitative estimate of drug-likeness (QED) is 0.412. The van der Waals surface area contributed by atoms with Gasteiger partial charge in [-0.15, -0.1) is 10.2 Å². The fraction of sp³-hybridized carbons (Fsp3) is 0.444. The van der Waals surface area contributed by atoms with Gasteiger partial charge in [0.1, 0.15) is 0 Å². The molecule has 144 valence electrons. The summed E-state index contributed by atoms with van der Waals surface area (Å²) in [7, 11) is 1.65. The Balaban J connectivity index is 1.57. The lowest BCUT2D eigenvalue weighted by atomic mass is 10.1. The number of aromatic nitrogens is 2. The maximum Gasteiger partial charge on any atom is 0.231 e. The van der Waals surface area contributed by atoms with Gasteiger partial charge in [-0.05, 0) is 24.1 Å². The molecule has 2 heterocycles. The van der Waals surface area contributed by atoms with Crippen molar-refractivity contribution >= 4 is 45.7 Å². The lowest BCUT2D eigenvalue weighted by Crippen LogP contribution is -2.28. The number of thioether (sulfide) groups is 1. The van der Waals surface area contributed by atoms with Gasteiger partial charge < -0.3 is 15.0 Å². The molecule has 2 amide bonds.